The summed E-state index contributed by atoms with van der Waals surface area (Å²) >= 11 is 0. The molecular formula is C16H14O4Sr. The van der Waals surface area contributed by atoms with Crippen molar-refractivity contribution in [1.82, 2.24) is 0 Å². The fourth-order valence-electron chi connectivity index (χ4n) is 1.60. The molecule has 0 saturated heterocycles. The van der Waals surface area contributed by atoms with Gasteiger partial charge in [-0.15, -0.1) is 0 Å². The van der Waals surface area contributed by atoms with E-state index in [1.807, 2.05) is 0 Å². The first kappa shape index (κ1) is 19.9. The molecule has 0 aliphatic carbocycles. The SMILES string of the molecule is Cc1ccccc1C(=O)[O-].Cc1ccccc1C(=O)[O-].[Sr+2]. The number of aromatic carboxylic acids is 2. The van der Waals surface area contributed by atoms with Crippen molar-refractivity contribution in [2.45, 2.75) is 13.8 Å². The predicted octanol–water partition coefficient (Wildman–Crippen LogP) is 0.336. The molecule has 0 unspecified atom stereocenters. The first-order valence-corrected chi connectivity index (χ1v) is 5.97. The monoisotopic (exact) mass is 358 g/mol. The summed E-state index contributed by atoms with van der Waals surface area (Å²) < 4.78 is 0. The summed E-state index contributed by atoms with van der Waals surface area (Å²) in [5.74, 6) is -2.23. The van der Waals surface area contributed by atoms with Crippen molar-refractivity contribution in [3.63, 3.8) is 0 Å². The molecule has 0 heterocycles. The van der Waals surface area contributed by atoms with Gasteiger partial charge in [0.15, 0.2) is 0 Å². The van der Waals surface area contributed by atoms with Crippen LogP contribution < -0.4 is 10.2 Å². The van der Waals surface area contributed by atoms with Crippen molar-refractivity contribution >= 4 is 57.4 Å². The Balaban J connectivity index is 0.000000364. The minimum absolute atomic E-state index is 0. The summed E-state index contributed by atoms with van der Waals surface area (Å²) in [5.41, 5.74) is 2.01. The second kappa shape index (κ2) is 9.73. The van der Waals surface area contributed by atoms with Crippen LogP contribution in [-0.2, 0) is 0 Å². The largest absolute Gasteiger partial charge is 2.00 e. The Morgan fingerprint density at radius 2 is 1.00 bits per heavy atom. The molecule has 0 aromatic heterocycles. The number of carboxylic acid groups (broad SMARTS) is 2. The van der Waals surface area contributed by atoms with Gasteiger partial charge < -0.3 is 19.8 Å². The second-order valence-corrected chi connectivity index (χ2v) is 4.20. The first-order chi connectivity index (χ1) is 9.43. The van der Waals surface area contributed by atoms with E-state index in [1.165, 1.54) is 12.1 Å². The minimum Gasteiger partial charge on any atom is -0.545 e. The van der Waals surface area contributed by atoms with Gasteiger partial charge in [-0.3, -0.25) is 0 Å². The Hall–Kier alpha value is -1.14. The standard InChI is InChI=1S/2C8H8O2.Sr/c2*1-6-4-2-3-5-7(6)8(9)10;/h2*2-5H,1H3,(H,9,10);/q;;+2/p-2. The second-order valence-electron chi connectivity index (χ2n) is 4.20. The number of benzene rings is 2. The number of aryl methyl sites for hydroxylation is 2. The van der Waals surface area contributed by atoms with E-state index in [9.17, 15) is 19.8 Å². The Morgan fingerprint density at radius 3 is 1.19 bits per heavy atom. The molecule has 4 nitrogen and oxygen atoms in total. The Kier molecular flexibility index (Phi) is 9.21. The number of hydrogen-bond acceptors (Lipinski definition) is 4. The van der Waals surface area contributed by atoms with E-state index in [4.69, 9.17) is 0 Å². The Bertz CT molecular complexity index is 568. The molecule has 2 aromatic rings. The fourth-order valence-corrected chi connectivity index (χ4v) is 1.60. The maximum Gasteiger partial charge on any atom is 2.00 e. The van der Waals surface area contributed by atoms with Crippen molar-refractivity contribution < 1.29 is 19.8 Å². The molecular weight excluding hydrogens is 344 g/mol. The zero-order chi connectivity index (χ0) is 15.1. The van der Waals surface area contributed by atoms with Crippen molar-refractivity contribution in [3.8, 4) is 0 Å². The van der Waals surface area contributed by atoms with Crippen LogP contribution in [0.1, 0.15) is 31.8 Å². The van der Waals surface area contributed by atoms with Crippen LogP contribution in [0.25, 0.3) is 0 Å². The molecule has 2 rings (SSSR count). The van der Waals surface area contributed by atoms with Gasteiger partial charge >= 0.3 is 45.5 Å². The van der Waals surface area contributed by atoms with E-state index in [1.54, 1.807) is 50.2 Å². The Morgan fingerprint density at radius 1 is 0.714 bits per heavy atom. The van der Waals surface area contributed by atoms with E-state index < -0.39 is 11.9 Å². The summed E-state index contributed by atoms with van der Waals surface area (Å²) in [7, 11) is 0. The van der Waals surface area contributed by atoms with Crippen LogP contribution in [0.2, 0.25) is 0 Å². The zero-order valence-corrected chi connectivity index (χ0v) is 15.4. The predicted molar refractivity (Wildman–Crippen MR) is 76.8 cm³/mol. The normalized spacial score (nSPS) is 8.86. The van der Waals surface area contributed by atoms with Gasteiger partial charge in [-0.2, -0.15) is 0 Å². The molecule has 0 saturated carbocycles. The number of carboxylic acids is 2. The average Bonchev–Trinajstić information content (AvgIpc) is 2.40. The van der Waals surface area contributed by atoms with Gasteiger partial charge in [0.2, 0.25) is 0 Å². The summed E-state index contributed by atoms with van der Waals surface area (Å²) in [4.78, 5) is 20.6. The van der Waals surface area contributed by atoms with Gasteiger partial charge in [0.25, 0.3) is 0 Å². The molecule has 104 valence electrons. The van der Waals surface area contributed by atoms with Gasteiger partial charge in [0.05, 0.1) is 11.9 Å². The molecule has 0 atom stereocenters. The van der Waals surface area contributed by atoms with Crippen LogP contribution in [0.4, 0.5) is 0 Å². The molecule has 0 bridgehead atoms. The summed E-state index contributed by atoms with van der Waals surface area (Å²) in [6.07, 6.45) is 0. The third-order valence-corrected chi connectivity index (χ3v) is 2.73. The molecule has 0 aliphatic rings. The van der Waals surface area contributed by atoms with Crippen molar-refractivity contribution in [1.29, 1.82) is 0 Å². The van der Waals surface area contributed by atoms with Crippen LogP contribution in [0.5, 0.6) is 0 Å². The van der Waals surface area contributed by atoms with E-state index in [0.717, 1.165) is 11.1 Å². The number of carbonyl (C=O) groups is 2. The van der Waals surface area contributed by atoms with Crippen LogP contribution in [0, 0.1) is 13.8 Å². The van der Waals surface area contributed by atoms with Gasteiger partial charge in [0, 0.05) is 11.1 Å². The zero-order valence-electron chi connectivity index (χ0n) is 12.0. The molecule has 21 heavy (non-hydrogen) atoms. The Labute approximate surface area is 160 Å². The van der Waals surface area contributed by atoms with Crippen molar-refractivity contribution in [2.75, 3.05) is 0 Å². The van der Waals surface area contributed by atoms with Crippen molar-refractivity contribution in [3.05, 3.63) is 70.8 Å². The fraction of sp³-hybridized carbons (Fsp3) is 0.125. The first-order valence-electron chi connectivity index (χ1n) is 5.97. The van der Waals surface area contributed by atoms with Gasteiger partial charge in [-0.05, 0) is 25.0 Å². The summed E-state index contributed by atoms with van der Waals surface area (Å²) in [5, 5.41) is 20.6. The molecule has 0 fully saturated rings. The van der Waals surface area contributed by atoms with E-state index >= 15 is 0 Å². The molecule has 0 spiro atoms. The van der Waals surface area contributed by atoms with Crippen LogP contribution >= 0.6 is 0 Å². The number of hydrogen-bond donors (Lipinski definition) is 0. The maximum absolute atomic E-state index is 10.3. The maximum atomic E-state index is 10.3. The third kappa shape index (κ3) is 6.44. The number of rotatable bonds is 2. The molecule has 0 aliphatic heterocycles. The van der Waals surface area contributed by atoms with Gasteiger partial charge in [-0.25, -0.2) is 0 Å². The summed E-state index contributed by atoms with van der Waals surface area (Å²) in [6, 6.07) is 13.5. The minimum atomic E-state index is -1.11. The number of carbonyl (C=O) groups excluding carboxylic acids is 2. The van der Waals surface area contributed by atoms with E-state index in [-0.39, 0.29) is 56.6 Å². The quantitative estimate of drug-likeness (QED) is 0.726. The average molecular weight is 358 g/mol. The van der Waals surface area contributed by atoms with Crippen LogP contribution in [0.15, 0.2) is 48.5 Å². The topological polar surface area (TPSA) is 80.3 Å². The van der Waals surface area contributed by atoms with Crippen molar-refractivity contribution in [2.24, 2.45) is 0 Å². The smallest absolute Gasteiger partial charge is 0.545 e. The van der Waals surface area contributed by atoms with Crippen LogP contribution in [0.3, 0.4) is 0 Å². The molecule has 0 N–H and O–H groups in total. The van der Waals surface area contributed by atoms with E-state index in [2.05, 4.69) is 0 Å². The van der Waals surface area contributed by atoms with Gasteiger partial charge in [0.1, 0.15) is 0 Å². The molecule has 2 aromatic carbocycles. The molecule has 0 radical (unpaired) electrons. The molecule has 5 heteroatoms. The van der Waals surface area contributed by atoms with E-state index in [0.29, 0.717) is 0 Å². The third-order valence-electron chi connectivity index (χ3n) is 2.73. The van der Waals surface area contributed by atoms with Gasteiger partial charge in [-0.1, -0.05) is 48.5 Å². The van der Waals surface area contributed by atoms with Crippen LogP contribution in [-0.4, -0.2) is 57.4 Å². The summed E-state index contributed by atoms with van der Waals surface area (Å²) in [6.45, 7) is 3.48. The molecule has 0 amide bonds.